The molecule has 0 bridgehead atoms. The Kier molecular flexibility index (Phi) is 4.07. The van der Waals surface area contributed by atoms with Crippen molar-refractivity contribution in [2.45, 2.75) is 48.5 Å². The zero-order valence-corrected chi connectivity index (χ0v) is 12.6. The lowest BCUT2D eigenvalue weighted by Gasteiger charge is -2.21. The molecule has 0 aliphatic heterocycles. The highest BCUT2D eigenvalue weighted by molar-refractivity contribution is 9.10. The normalized spacial score (nSPS) is 16.7. The maximum atomic E-state index is 4.24. The van der Waals surface area contributed by atoms with E-state index in [1.807, 2.05) is 4.68 Å². The van der Waals surface area contributed by atoms with E-state index in [1.165, 1.54) is 31.0 Å². The second kappa shape index (κ2) is 5.96. The van der Waals surface area contributed by atoms with Gasteiger partial charge in [0.25, 0.3) is 0 Å². The quantitative estimate of drug-likeness (QED) is 0.800. The van der Waals surface area contributed by atoms with Crippen molar-refractivity contribution in [1.82, 2.24) is 30.2 Å². The summed E-state index contributed by atoms with van der Waals surface area (Å²) in [6.07, 6.45) is 9.58. The molecule has 0 saturated heterocycles. The van der Waals surface area contributed by atoms with E-state index < -0.39 is 0 Å². The lowest BCUT2D eigenvalue weighted by molar-refractivity contribution is 0.307. The van der Waals surface area contributed by atoms with E-state index in [1.54, 1.807) is 12.4 Å². The number of hydrogen-bond donors (Lipinski definition) is 0. The molecule has 8 heteroatoms. The van der Waals surface area contributed by atoms with Gasteiger partial charge in [0.15, 0.2) is 5.16 Å². The van der Waals surface area contributed by atoms with Crippen LogP contribution in [0.25, 0.3) is 0 Å². The smallest absolute Gasteiger partial charge is 0.217 e. The second-order valence-corrected chi connectivity index (χ2v) is 6.33. The first kappa shape index (κ1) is 13.0. The van der Waals surface area contributed by atoms with Crippen LogP contribution in [0.5, 0.6) is 0 Å². The average molecular weight is 341 g/mol. The molecule has 6 nitrogen and oxygen atoms in total. The summed E-state index contributed by atoms with van der Waals surface area (Å²) in [5.74, 6) is 0. The van der Waals surface area contributed by atoms with Crippen molar-refractivity contribution in [3.8, 4) is 0 Å². The number of nitrogens with zero attached hydrogens (tertiary/aromatic N) is 6. The van der Waals surface area contributed by atoms with Crippen LogP contribution in [0.2, 0.25) is 0 Å². The van der Waals surface area contributed by atoms with Crippen LogP contribution in [0.4, 0.5) is 0 Å². The average Bonchev–Trinajstić information content (AvgIpc) is 2.90. The zero-order valence-electron chi connectivity index (χ0n) is 10.2. The number of rotatable bonds is 3. The number of halogens is 1. The minimum atomic E-state index is 0.418. The van der Waals surface area contributed by atoms with E-state index >= 15 is 0 Å². The van der Waals surface area contributed by atoms with Crippen molar-refractivity contribution in [2.75, 3.05) is 0 Å². The molecule has 2 heterocycles. The van der Waals surface area contributed by atoms with Crippen LogP contribution in [0, 0.1) is 0 Å². The molecule has 1 saturated carbocycles. The summed E-state index contributed by atoms with van der Waals surface area (Å²) in [4.78, 5) is 8.47. The summed E-state index contributed by atoms with van der Waals surface area (Å²) < 4.78 is 2.79. The first-order valence-electron chi connectivity index (χ1n) is 6.26. The van der Waals surface area contributed by atoms with Gasteiger partial charge in [-0.1, -0.05) is 19.3 Å². The fourth-order valence-electron chi connectivity index (χ4n) is 2.24. The van der Waals surface area contributed by atoms with Crippen molar-refractivity contribution >= 4 is 27.7 Å². The van der Waals surface area contributed by atoms with Gasteiger partial charge in [-0.2, -0.15) is 0 Å². The lowest BCUT2D eigenvalue weighted by atomic mass is 9.96. The summed E-state index contributed by atoms with van der Waals surface area (Å²) in [6, 6.07) is 0.418. The van der Waals surface area contributed by atoms with Crippen LogP contribution in [0.1, 0.15) is 38.1 Å². The Bertz CT molecular complexity index is 536. The van der Waals surface area contributed by atoms with E-state index in [-0.39, 0.29) is 0 Å². The van der Waals surface area contributed by atoms with Gasteiger partial charge in [-0.15, -0.1) is 5.10 Å². The monoisotopic (exact) mass is 340 g/mol. The second-order valence-electron chi connectivity index (χ2n) is 4.48. The highest BCUT2D eigenvalue weighted by Gasteiger charge is 2.21. The Morgan fingerprint density at radius 3 is 2.63 bits per heavy atom. The summed E-state index contributed by atoms with van der Waals surface area (Å²) in [5.41, 5.74) is 0. The van der Waals surface area contributed by atoms with Crippen molar-refractivity contribution in [2.24, 2.45) is 0 Å². The highest BCUT2D eigenvalue weighted by atomic mass is 79.9. The van der Waals surface area contributed by atoms with Gasteiger partial charge in [-0.3, -0.25) is 0 Å². The first-order chi connectivity index (χ1) is 9.33. The lowest BCUT2D eigenvalue weighted by Crippen LogP contribution is -2.15. The van der Waals surface area contributed by atoms with Gasteiger partial charge in [0.05, 0.1) is 10.5 Å². The van der Waals surface area contributed by atoms with Crippen LogP contribution >= 0.6 is 27.7 Å². The Hall–Kier alpha value is -1.02. The molecule has 0 amide bonds. The maximum Gasteiger partial charge on any atom is 0.217 e. The van der Waals surface area contributed by atoms with E-state index in [9.17, 15) is 0 Å². The standard InChI is InChI=1S/C11H13BrN6S/c12-8-6-13-10(14-7-8)19-11-15-16-17-18(11)9-4-2-1-3-5-9/h6-7,9H,1-5H2. The molecule has 19 heavy (non-hydrogen) atoms. The minimum Gasteiger partial charge on any atom is -0.230 e. The van der Waals surface area contributed by atoms with E-state index in [0.29, 0.717) is 11.2 Å². The van der Waals surface area contributed by atoms with Crippen LogP contribution < -0.4 is 0 Å². The Balaban J connectivity index is 1.77. The Labute approximate surface area is 123 Å². The molecule has 1 fully saturated rings. The number of hydrogen-bond acceptors (Lipinski definition) is 6. The summed E-state index contributed by atoms with van der Waals surface area (Å²) in [7, 11) is 0. The third-order valence-corrected chi connectivity index (χ3v) is 4.42. The molecule has 2 aromatic rings. The van der Waals surface area contributed by atoms with E-state index in [0.717, 1.165) is 22.5 Å². The summed E-state index contributed by atoms with van der Waals surface area (Å²) in [6.45, 7) is 0. The number of tetrazole rings is 1. The maximum absolute atomic E-state index is 4.24. The van der Waals surface area contributed by atoms with Crippen LogP contribution in [0.3, 0.4) is 0 Å². The zero-order chi connectivity index (χ0) is 13.1. The molecule has 2 aromatic heterocycles. The molecular weight excluding hydrogens is 328 g/mol. The Morgan fingerprint density at radius 2 is 1.89 bits per heavy atom. The van der Waals surface area contributed by atoms with Crippen molar-refractivity contribution < 1.29 is 0 Å². The van der Waals surface area contributed by atoms with Gasteiger partial charge in [-0.25, -0.2) is 14.6 Å². The highest BCUT2D eigenvalue weighted by Crippen LogP contribution is 2.31. The largest absolute Gasteiger partial charge is 0.230 e. The molecule has 0 N–H and O–H groups in total. The third kappa shape index (κ3) is 3.11. The van der Waals surface area contributed by atoms with Gasteiger partial charge >= 0.3 is 0 Å². The molecular formula is C11H13BrN6S. The van der Waals surface area contributed by atoms with E-state index in [2.05, 4.69) is 41.4 Å². The topological polar surface area (TPSA) is 69.4 Å². The van der Waals surface area contributed by atoms with Crippen LogP contribution in [-0.2, 0) is 0 Å². The molecule has 100 valence electrons. The van der Waals surface area contributed by atoms with Gasteiger partial charge in [0, 0.05) is 12.4 Å². The first-order valence-corrected chi connectivity index (χ1v) is 7.87. The molecule has 1 aliphatic rings. The van der Waals surface area contributed by atoms with Crippen molar-refractivity contribution in [1.29, 1.82) is 0 Å². The van der Waals surface area contributed by atoms with Gasteiger partial charge < -0.3 is 0 Å². The molecule has 3 rings (SSSR count). The molecule has 0 atom stereocenters. The van der Waals surface area contributed by atoms with Gasteiger partial charge in [0.2, 0.25) is 5.16 Å². The molecule has 0 radical (unpaired) electrons. The summed E-state index contributed by atoms with van der Waals surface area (Å²) >= 11 is 4.73. The predicted octanol–water partition coefficient (Wildman–Crippen LogP) is 2.88. The molecule has 0 aromatic carbocycles. The predicted molar refractivity (Wildman–Crippen MR) is 73.8 cm³/mol. The van der Waals surface area contributed by atoms with Gasteiger partial charge in [0.1, 0.15) is 0 Å². The number of aromatic nitrogens is 6. The molecule has 0 unspecified atom stereocenters. The molecule has 0 spiro atoms. The van der Waals surface area contributed by atoms with Crippen LogP contribution in [0.15, 0.2) is 27.2 Å². The fourth-order valence-corrected chi connectivity index (χ4v) is 3.18. The van der Waals surface area contributed by atoms with Crippen LogP contribution in [-0.4, -0.2) is 30.2 Å². The Morgan fingerprint density at radius 1 is 1.16 bits per heavy atom. The summed E-state index contributed by atoms with van der Waals surface area (Å²) in [5, 5.41) is 13.4. The minimum absolute atomic E-state index is 0.418. The van der Waals surface area contributed by atoms with Crippen molar-refractivity contribution in [3.05, 3.63) is 16.9 Å². The van der Waals surface area contributed by atoms with E-state index in [4.69, 9.17) is 0 Å². The third-order valence-electron chi connectivity index (χ3n) is 3.16. The van der Waals surface area contributed by atoms with Crippen molar-refractivity contribution in [3.63, 3.8) is 0 Å². The SMILES string of the molecule is Brc1cnc(Sc2nnnn2C2CCCCC2)nc1. The fraction of sp³-hybridized carbons (Fsp3) is 0.545. The molecule has 1 aliphatic carbocycles. The van der Waals surface area contributed by atoms with Gasteiger partial charge in [-0.05, 0) is 51.0 Å².